The molecule has 3 fully saturated rings. The quantitative estimate of drug-likeness (QED) is 0.791. The number of hydrogen-bond acceptors (Lipinski definition) is 4. The van der Waals surface area contributed by atoms with E-state index in [9.17, 15) is 0 Å². The van der Waals surface area contributed by atoms with Crippen molar-refractivity contribution in [2.75, 3.05) is 19.4 Å². The van der Waals surface area contributed by atoms with E-state index in [-0.39, 0.29) is 24.4 Å². The van der Waals surface area contributed by atoms with Crippen molar-refractivity contribution >= 4 is 7.51 Å². The molecule has 0 saturated carbocycles. The first-order valence-electron chi connectivity index (χ1n) is 8.03. The van der Waals surface area contributed by atoms with E-state index in [1.165, 1.54) is 37.3 Å². The number of rotatable bonds is 2. The summed E-state index contributed by atoms with van der Waals surface area (Å²) in [6.07, 6.45) is 4.78. The summed E-state index contributed by atoms with van der Waals surface area (Å²) in [5.41, 5.74) is 0. The van der Waals surface area contributed by atoms with Gasteiger partial charge in [0.05, 0.1) is 0 Å². The summed E-state index contributed by atoms with van der Waals surface area (Å²) < 4.78 is 25.2. The van der Waals surface area contributed by atoms with Gasteiger partial charge in [0.25, 0.3) is 0 Å². The fourth-order valence-electron chi connectivity index (χ4n) is 3.50. The molecule has 3 rings (SSSR count). The molecule has 3 saturated heterocycles. The second-order valence-corrected chi connectivity index (χ2v) is 9.76. The Kier molecular flexibility index (Phi) is 3.90. The molecule has 3 aliphatic heterocycles. The van der Waals surface area contributed by atoms with Crippen molar-refractivity contribution < 1.29 is 23.0 Å². The van der Waals surface area contributed by atoms with Crippen LogP contribution in [0.4, 0.5) is 0 Å². The zero-order chi connectivity index (χ0) is 14.4. The zero-order valence-electron chi connectivity index (χ0n) is 13.1. The van der Waals surface area contributed by atoms with Crippen molar-refractivity contribution in [1.82, 2.24) is 0 Å². The third-order valence-corrected chi connectivity index (χ3v) is 8.77. The van der Waals surface area contributed by atoms with E-state index in [0.29, 0.717) is 0 Å². The Balaban J connectivity index is 1.85. The molecule has 0 radical (unpaired) electrons. The Bertz CT molecular complexity index is 323. The fraction of sp³-hybridized carbons (Fsp3) is 1.00. The van der Waals surface area contributed by atoms with Crippen LogP contribution in [0.3, 0.4) is 0 Å². The second kappa shape index (κ2) is 5.15. The van der Waals surface area contributed by atoms with E-state index in [2.05, 4.69) is 27.7 Å². The Hall–Kier alpha value is 0.230. The van der Waals surface area contributed by atoms with Crippen LogP contribution >= 0.6 is 7.51 Å². The molecule has 0 aromatic carbocycles. The molecule has 1 N–H and O–H groups in total. The van der Waals surface area contributed by atoms with Gasteiger partial charge in [-0.2, -0.15) is 0 Å². The summed E-state index contributed by atoms with van der Waals surface area (Å²) >= 11 is 0. The minimum atomic E-state index is -3.38. The molecule has 0 amide bonds. The molecule has 3 aliphatic rings. The van der Waals surface area contributed by atoms with Gasteiger partial charge in [0.2, 0.25) is 0 Å². The molecule has 5 nitrogen and oxygen atoms in total. The minimum absolute atomic E-state index is 0.0364. The van der Waals surface area contributed by atoms with E-state index < -0.39 is 7.51 Å². The Morgan fingerprint density at radius 1 is 0.750 bits per heavy atom. The molecular formula is C14H29NO4P+. The first-order chi connectivity index (χ1) is 9.41. The average molecular weight is 306 g/mol. The van der Waals surface area contributed by atoms with Crippen LogP contribution in [0.2, 0.25) is 0 Å². The third-order valence-electron chi connectivity index (χ3n) is 4.84. The molecule has 0 aromatic rings. The van der Waals surface area contributed by atoms with Gasteiger partial charge < -0.3 is 0 Å². The Morgan fingerprint density at radius 3 is 1.55 bits per heavy atom. The van der Waals surface area contributed by atoms with Crippen LogP contribution in [0.15, 0.2) is 0 Å². The number of piperidine rings is 1. The normalized spacial score (nSPS) is 46.3. The Morgan fingerprint density at radius 2 is 1.15 bits per heavy atom. The first kappa shape index (κ1) is 15.1. The van der Waals surface area contributed by atoms with Crippen LogP contribution in [0.1, 0.15) is 47.0 Å². The maximum atomic E-state index is 6.30. The molecule has 0 unspecified atom stereocenters. The molecule has 0 aliphatic carbocycles. The second-order valence-electron chi connectivity index (χ2n) is 6.67. The van der Waals surface area contributed by atoms with Gasteiger partial charge in [0.15, 0.2) is 0 Å². The molecule has 0 aromatic heterocycles. The monoisotopic (exact) mass is 306 g/mol. The molecule has 20 heavy (non-hydrogen) atoms. The van der Waals surface area contributed by atoms with E-state index in [4.69, 9.17) is 18.1 Å². The van der Waals surface area contributed by atoms with Crippen LogP contribution in [-0.4, -0.2) is 43.8 Å². The third kappa shape index (κ3) is 2.53. The van der Waals surface area contributed by atoms with Crippen molar-refractivity contribution in [3.63, 3.8) is 0 Å². The van der Waals surface area contributed by atoms with Gasteiger partial charge in [-0.1, -0.05) is 0 Å². The van der Waals surface area contributed by atoms with Gasteiger partial charge in [-0.15, -0.1) is 0 Å². The van der Waals surface area contributed by atoms with Crippen LogP contribution in [0.5, 0.6) is 0 Å². The van der Waals surface area contributed by atoms with Crippen molar-refractivity contribution in [3.8, 4) is 0 Å². The maximum absolute atomic E-state index is 6.30. The van der Waals surface area contributed by atoms with Gasteiger partial charge in [0.1, 0.15) is 0 Å². The SMILES string of the molecule is C[C@@H]1OP2(C[NH+]3CCCCC3)(O[C@@H](C)[C@@H](C)O2)O[C@@H]1C. The van der Waals surface area contributed by atoms with Crippen molar-refractivity contribution in [1.29, 1.82) is 0 Å². The predicted molar refractivity (Wildman–Crippen MR) is 78.5 cm³/mol. The molecule has 4 atom stereocenters. The Labute approximate surface area is 122 Å². The predicted octanol–water partition coefficient (Wildman–Crippen LogP) is 1.87. The number of quaternary nitrogens is 1. The van der Waals surface area contributed by atoms with Crippen LogP contribution in [0, 0.1) is 0 Å². The van der Waals surface area contributed by atoms with E-state index >= 15 is 0 Å². The summed E-state index contributed by atoms with van der Waals surface area (Å²) in [5, 5.41) is 0. The van der Waals surface area contributed by atoms with Gasteiger partial charge in [-0.25, -0.2) is 0 Å². The fourth-order valence-corrected chi connectivity index (χ4v) is 8.40. The summed E-state index contributed by atoms with van der Waals surface area (Å²) in [6.45, 7) is 10.6. The van der Waals surface area contributed by atoms with Crippen molar-refractivity contribution in [3.05, 3.63) is 0 Å². The summed E-state index contributed by atoms with van der Waals surface area (Å²) in [4.78, 5) is 1.51. The van der Waals surface area contributed by atoms with Crippen LogP contribution < -0.4 is 4.90 Å². The van der Waals surface area contributed by atoms with Crippen LogP contribution in [-0.2, 0) is 18.1 Å². The summed E-state index contributed by atoms with van der Waals surface area (Å²) in [6, 6.07) is 0. The molecule has 1 spiro atoms. The molecule has 6 heteroatoms. The number of hydrogen-bond donors (Lipinski definition) is 1. The molecule has 0 bridgehead atoms. The molecule has 118 valence electrons. The van der Waals surface area contributed by atoms with Crippen LogP contribution in [0.25, 0.3) is 0 Å². The first-order valence-corrected chi connectivity index (χ1v) is 10.1. The van der Waals surface area contributed by atoms with Gasteiger partial charge >= 0.3 is 121 Å². The zero-order valence-corrected chi connectivity index (χ0v) is 14.0. The van der Waals surface area contributed by atoms with E-state index in [0.717, 1.165) is 6.29 Å². The topological polar surface area (TPSA) is 41.4 Å². The average Bonchev–Trinajstić information content (AvgIpc) is 2.75. The number of nitrogens with one attached hydrogen (secondary N) is 1. The van der Waals surface area contributed by atoms with Gasteiger partial charge in [-0.05, 0) is 0 Å². The summed E-state index contributed by atoms with van der Waals surface area (Å²) in [7, 11) is -3.38. The standard InChI is InChI=1S/C14H28NO4P/c1-11-12(2)17-20(16-11,18-13(3)14(4)19-20)10-15-8-6-5-7-9-15/h11-14H,5-10H2,1-4H3/p+1/t11-,12+,13-,14+. The van der Waals surface area contributed by atoms with Gasteiger partial charge in [-0.3, -0.25) is 0 Å². The number of likely N-dealkylation sites (tertiary alicyclic amines) is 1. The summed E-state index contributed by atoms with van der Waals surface area (Å²) in [5.74, 6) is 0. The van der Waals surface area contributed by atoms with E-state index in [1.807, 2.05) is 0 Å². The molecular weight excluding hydrogens is 277 g/mol. The van der Waals surface area contributed by atoms with Gasteiger partial charge in [0, 0.05) is 0 Å². The van der Waals surface area contributed by atoms with Crippen molar-refractivity contribution in [2.24, 2.45) is 0 Å². The van der Waals surface area contributed by atoms with Crippen molar-refractivity contribution in [2.45, 2.75) is 71.4 Å². The molecule has 3 heterocycles. The van der Waals surface area contributed by atoms with E-state index in [1.54, 1.807) is 0 Å².